The van der Waals surface area contributed by atoms with E-state index < -0.39 is 0 Å². The minimum atomic E-state index is 0.0544. The van der Waals surface area contributed by atoms with Gasteiger partial charge in [-0.2, -0.15) is 0 Å². The van der Waals surface area contributed by atoms with Gasteiger partial charge in [-0.15, -0.1) is 0 Å². The first kappa shape index (κ1) is 17.3. The van der Waals surface area contributed by atoms with E-state index in [4.69, 9.17) is 9.47 Å². The van der Waals surface area contributed by atoms with Crippen LogP contribution in [0.4, 0.5) is 0 Å². The smallest absolute Gasteiger partial charge is 0.135 e. The first-order valence-corrected chi connectivity index (χ1v) is 9.96. The summed E-state index contributed by atoms with van der Waals surface area (Å²) in [4.78, 5) is 14.8. The number of methoxy groups -OCH3 is 1. The third kappa shape index (κ3) is 2.34. The van der Waals surface area contributed by atoms with Crippen molar-refractivity contribution in [2.24, 2.45) is 24.8 Å². The van der Waals surface area contributed by atoms with Crippen LogP contribution in [-0.2, 0) is 23.0 Å². The van der Waals surface area contributed by atoms with Gasteiger partial charge in [-0.1, -0.05) is 0 Å². The third-order valence-electron chi connectivity index (χ3n) is 7.49. The number of hydrogen-bond donors (Lipinski definition) is 0. The summed E-state index contributed by atoms with van der Waals surface area (Å²) in [5.41, 5.74) is 4.14. The van der Waals surface area contributed by atoms with E-state index in [2.05, 4.69) is 41.8 Å². The number of rotatable bonds is 2. The Balaban J connectivity index is 1.65. The highest BCUT2D eigenvalue weighted by Crippen LogP contribution is 2.51. The predicted octanol–water partition coefficient (Wildman–Crippen LogP) is 2.96. The zero-order valence-corrected chi connectivity index (χ0v) is 16.6. The highest BCUT2D eigenvalue weighted by atomic mass is 16.5. The largest absolute Gasteiger partial charge is 0.497 e. The molecule has 0 unspecified atom stereocenters. The van der Waals surface area contributed by atoms with Crippen LogP contribution in [0.2, 0.25) is 0 Å². The van der Waals surface area contributed by atoms with Gasteiger partial charge in [0.2, 0.25) is 0 Å². The molecule has 27 heavy (non-hydrogen) atoms. The van der Waals surface area contributed by atoms with Crippen LogP contribution in [0.1, 0.15) is 30.6 Å². The molecule has 5 heteroatoms. The van der Waals surface area contributed by atoms with Gasteiger partial charge in [0.05, 0.1) is 31.9 Å². The Morgan fingerprint density at radius 3 is 2.78 bits per heavy atom. The second-order valence-corrected chi connectivity index (χ2v) is 8.58. The molecule has 2 saturated heterocycles. The summed E-state index contributed by atoms with van der Waals surface area (Å²) in [5.74, 6) is 2.11. The van der Waals surface area contributed by atoms with Gasteiger partial charge in [-0.05, 0) is 50.4 Å². The molecule has 1 aromatic carbocycles. The first-order valence-electron chi connectivity index (χ1n) is 9.96. The minimum Gasteiger partial charge on any atom is -0.497 e. The Labute approximate surface area is 160 Å². The number of ketones is 1. The maximum absolute atomic E-state index is 12.3. The van der Waals surface area contributed by atoms with Crippen LogP contribution < -0.4 is 4.74 Å². The first-order chi connectivity index (χ1) is 13.0. The number of piperidine rings is 1. The van der Waals surface area contributed by atoms with E-state index in [1.807, 2.05) is 0 Å². The molecule has 5 nitrogen and oxygen atoms in total. The Bertz CT molecular complexity index is 918. The molecule has 3 aliphatic rings. The van der Waals surface area contributed by atoms with Gasteiger partial charge in [-0.25, -0.2) is 0 Å². The molecule has 2 aromatic rings. The van der Waals surface area contributed by atoms with Crippen molar-refractivity contribution in [3.05, 3.63) is 29.5 Å². The summed E-state index contributed by atoms with van der Waals surface area (Å²) in [5, 5.41) is 1.34. The number of hydrogen-bond acceptors (Lipinski definition) is 4. The van der Waals surface area contributed by atoms with Crippen LogP contribution in [0, 0.1) is 17.8 Å². The van der Waals surface area contributed by atoms with E-state index in [-0.39, 0.29) is 11.7 Å². The Kier molecular flexibility index (Phi) is 3.89. The number of Topliss-reactive ketones (excluding diaryl/α,β-unsaturated/α-hetero) is 1. The van der Waals surface area contributed by atoms with Crippen molar-refractivity contribution in [1.82, 2.24) is 9.47 Å². The molecule has 3 aliphatic heterocycles. The van der Waals surface area contributed by atoms with Gasteiger partial charge < -0.3 is 14.0 Å². The van der Waals surface area contributed by atoms with Crippen molar-refractivity contribution < 1.29 is 14.3 Å². The summed E-state index contributed by atoms with van der Waals surface area (Å²) in [6, 6.07) is 7.22. The number of carbonyl (C=O) groups is 1. The lowest BCUT2D eigenvalue weighted by atomic mass is 9.65. The highest BCUT2D eigenvalue weighted by molar-refractivity contribution is 5.87. The number of aromatic nitrogens is 1. The van der Waals surface area contributed by atoms with Gasteiger partial charge in [0.15, 0.2) is 0 Å². The van der Waals surface area contributed by atoms with Gasteiger partial charge in [0.25, 0.3) is 0 Å². The van der Waals surface area contributed by atoms with E-state index in [1.165, 1.54) is 22.2 Å². The average molecular weight is 368 g/mol. The Morgan fingerprint density at radius 1 is 1.22 bits per heavy atom. The number of nitrogens with zero attached hydrogens (tertiary/aromatic N) is 2. The second kappa shape index (κ2) is 6.08. The van der Waals surface area contributed by atoms with Crippen molar-refractivity contribution in [3.8, 4) is 5.75 Å². The normalized spacial score (nSPS) is 32.8. The maximum Gasteiger partial charge on any atom is 0.135 e. The van der Waals surface area contributed by atoms with Crippen molar-refractivity contribution >= 4 is 16.7 Å². The van der Waals surface area contributed by atoms with Gasteiger partial charge >= 0.3 is 0 Å². The molecule has 144 valence electrons. The van der Waals surface area contributed by atoms with Crippen LogP contribution in [0.5, 0.6) is 5.75 Å². The fourth-order valence-electron chi connectivity index (χ4n) is 6.08. The summed E-state index contributed by atoms with van der Waals surface area (Å²) in [7, 11) is 6.15. The Morgan fingerprint density at radius 2 is 2.04 bits per heavy atom. The van der Waals surface area contributed by atoms with Crippen molar-refractivity contribution in [1.29, 1.82) is 0 Å². The fourth-order valence-corrected chi connectivity index (χ4v) is 6.08. The molecule has 0 spiro atoms. The topological polar surface area (TPSA) is 43.7 Å². The molecule has 5 atom stereocenters. The number of likely N-dealkylation sites (N-methyl/N-ethyl adjacent to an activating group) is 1. The van der Waals surface area contributed by atoms with E-state index in [0.29, 0.717) is 30.5 Å². The van der Waals surface area contributed by atoms with Crippen molar-refractivity contribution in [2.75, 3.05) is 27.4 Å². The SMILES string of the molecule is COc1ccc2c3c(n(C)c2c1)[C@@H]1C[C@@H]2[C@@H](COC[C@@H]2C(C)=O)[C@H](C3)N1C. The van der Waals surface area contributed by atoms with E-state index in [9.17, 15) is 4.79 Å². The lowest BCUT2D eigenvalue weighted by Crippen LogP contribution is -2.58. The van der Waals surface area contributed by atoms with Gasteiger partial charge in [-0.3, -0.25) is 9.69 Å². The van der Waals surface area contributed by atoms with Crippen molar-refractivity contribution in [3.63, 3.8) is 0 Å². The molecule has 0 aliphatic carbocycles. The standard InChI is InChI=1S/C22H28N2O3/c1-12(25)17-10-27-11-18-15(17)8-21-22-16(9-20(18)23(21)2)14-6-5-13(26-4)7-19(14)24(22)3/h5-7,15,17-18,20-21H,8-11H2,1-4H3/t15-,17+,18+,20-,21-/m0/s1. The molecule has 0 amide bonds. The second-order valence-electron chi connectivity index (χ2n) is 8.58. The van der Waals surface area contributed by atoms with E-state index in [1.54, 1.807) is 14.0 Å². The molecule has 0 radical (unpaired) electrons. The number of carbonyl (C=O) groups excluding carboxylic acids is 1. The minimum absolute atomic E-state index is 0.0544. The zero-order valence-electron chi connectivity index (χ0n) is 16.6. The number of aryl methyl sites for hydroxylation is 1. The zero-order chi connectivity index (χ0) is 18.9. The van der Waals surface area contributed by atoms with Gasteiger partial charge in [0, 0.05) is 42.1 Å². The highest BCUT2D eigenvalue weighted by Gasteiger charge is 2.51. The van der Waals surface area contributed by atoms with Crippen molar-refractivity contribution in [2.45, 2.75) is 31.8 Å². The quantitative estimate of drug-likeness (QED) is 0.817. The fraction of sp³-hybridized carbons (Fsp3) is 0.591. The molecule has 4 heterocycles. The van der Waals surface area contributed by atoms with Crippen LogP contribution in [0.25, 0.3) is 10.9 Å². The molecule has 5 rings (SSSR count). The van der Waals surface area contributed by atoms with E-state index >= 15 is 0 Å². The average Bonchev–Trinajstić information content (AvgIpc) is 2.93. The third-order valence-corrected chi connectivity index (χ3v) is 7.49. The van der Waals surface area contributed by atoms with Crippen LogP contribution in [-0.4, -0.2) is 48.7 Å². The summed E-state index contributed by atoms with van der Waals surface area (Å²) in [6.07, 6.45) is 2.07. The molecule has 0 saturated carbocycles. The molecule has 2 bridgehead atoms. The maximum atomic E-state index is 12.3. The lowest BCUT2D eigenvalue weighted by Gasteiger charge is -2.54. The summed E-state index contributed by atoms with van der Waals surface area (Å²) >= 11 is 0. The number of benzene rings is 1. The number of ether oxygens (including phenoxy) is 2. The summed E-state index contributed by atoms with van der Waals surface area (Å²) < 4.78 is 13.7. The molecule has 0 N–H and O–H groups in total. The van der Waals surface area contributed by atoms with Crippen LogP contribution >= 0.6 is 0 Å². The van der Waals surface area contributed by atoms with Crippen LogP contribution in [0.3, 0.4) is 0 Å². The van der Waals surface area contributed by atoms with Gasteiger partial charge in [0.1, 0.15) is 11.5 Å². The number of fused-ring (bicyclic) bond motifs is 8. The van der Waals surface area contributed by atoms with E-state index in [0.717, 1.165) is 25.2 Å². The Hall–Kier alpha value is -1.85. The molecule has 2 fully saturated rings. The van der Waals surface area contributed by atoms with Crippen LogP contribution in [0.15, 0.2) is 18.2 Å². The lowest BCUT2D eigenvalue weighted by molar-refractivity contribution is -0.142. The molecular weight excluding hydrogens is 340 g/mol. The monoisotopic (exact) mass is 368 g/mol. The molecule has 1 aromatic heterocycles. The summed E-state index contributed by atoms with van der Waals surface area (Å²) in [6.45, 7) is 3.11. The molecular formula is C22H28N2O3. The predicted molar refractivity (Wildman–Crippen MR) is 104 cm³/mol.